The number of halogens is 1. The first kappa shape index (κ1) is 45.5. The molecule has 0 radical (unpaired) electrons. The Morgan fingerprint density at radius 1 is 0.804 bits per heavy atom. The zero-order chi connectivity index (χ0) is 40.5. The molecular weight excluding hydrogens is 744 g/mol. The average Bonchev–Trinajstić information content (AvgIpc) is 3.32. The summed E-state index contributed by atoms with van der Waals surface area (Å²) >= 11 is 6.11. The molecule has 0 fully saturated rings. The van der Waals surface area contributed by atoms with Gasteiger partial charge in [-0.3, -0.25) is 30.3 Å². The second kappa shape index (κ2) is 26.0. The number of anilines is 1. The lowest BCUT2D eigenvalue weighted by molar-refractivity contribution is -0.118. The number of amides is 2. The minimum Gasteiger partial charge on any atom is -0.507 e. The zero-order valence-electron chi connectivity index (χ0n) is 32.2. The molecule has 1 heterocycles. The number of hydrogen-bond acceptors (Lipinski definition) is 12. The largest absolute Gasteiger partial charge is 0.507 e. The van der Waals surface area contributed by atoms with Crippen LogP contribution >= 0.6 is 11.6 Å². The van der Waals surface area contributed by atoms with Gasteiger partial charge in [0.1, 0.15) is 29.8 Å². The Morgan fingerprint density at radius 2 is 1.38 bits per heavy atom. The molecule has 3 aromatic rings. The number of ether oxygens (including phenoxy) is 6. The number of phenolic OH excluding ortho intramolecular Hbond substituents is 1. The topological polar surface area (TPSA) is 197 Å². The second-order valence-electron chi connectivity index (χ2n) is 12.0. The van der Waals surface area contributed by atoms with Gasteiger partial charge < -0.3 is 44.2 Å². The lowest BCUT2D eigenvalue weighted by atomic mass is 9.99. The van der Waals surface area contributed by atoms with Crippen LogP contribution in [0.5, 0.6) is 11.5 Å². The summed E-state index contributed by atoms with van der Waals surface area (Å²) in [5.74, 6) is 0.711. The van der Waals surface area contributed by atoms with E-state index in [1.165, 1.54) is 13.0 Å². The van der Waals surface area contributed by atoms with Gasteiger partial charge in [0, 0.05) is 36.2 Å². The lowest BCUT2D eigenvalue weighted by Gasteiger charge is -2.24. The Kier molecular flexibility index (Phi) is 21.2. The number of rotatable bonds is 22. The van der Waals surface area contributed by atoms with Gasteiger partial charge in [-0.1, -0.05) is 35.9 Å². The van der Waals surface area contributed by atoms with Crippen molar-refractivity contribution in [2.45, 2.75) is 20.8 Å². The van der Waals surface area contributed by atoms with Crippen molar-refractivity contribution in [1.29, 1.82) is 10.8 Å². The third-order valence-corrected chi connectivity index (χ3v) is 7.92. The number of phenols is 1. The summed E-state index contributed by atoms with van der Waals surface area (Å²) in [7, 11) is 0. The van der Waals surface area contributed by atoms with Gasteiger partial charge in [-0.05, 0) is 56.3 Å². The highest BCUT2D eigenvalue weighted by Gasteiger charge is 2.25. The van der Waals surface area contributed by atoms with E-state index < -0.39 is 0 Å². The number of carbonyl (C=O) groups is 2. The lowest BCUT2D eigenvalue weighted by Crippen LogP contribution is -2.35. The number of hydrogen-bond donors (Lipinski definition) is 5. The number of benzene rings is 3. The van der Waals surface area contributed by atoms with Crippen molar-refractivity contribution in [2.75, 3.05) is 97.2 Å². The fourth-order valence-electron chi connectivity index (χ4n) is 5.13. The number of aliphatic imine (C=N–C) groups is 1. The quantitative estimate of drug-likeness (QED) is 0.0540. The number of carbonyl (C=O) groups excluding carboxylic acids is 2. The minimum absolute atomic E-state index is 0.0394. The van der Waals surface area contributed by atoms with Crippen molar-refractivity contribution in [2.24, 2.45) is 4.99 Å². The molecule has 0 aromatic heterocycles. The van der Waals surface area contributed by atoms with Crippen LogP contribution < -0.4 is 20.3 Å². The number of nitrogens with one attached hydrogen (secondary N) is 4. The number of aromatic hydroxyl groups is 1. The molecule has 4 rings (SSSR count). The number of para-hydroxylation sites is 1. The molecule has 0 atom stereocenters. The van der Waals surface area contributed by atoms with Crippen LogP contribution in [0.15, 0.2) is 71.7 Å². The van der Waals surface area contributed by atoms with E-state index in [0.29, 0.717) is 101 Å². The number of nitrogens with zero attached hydrogens (tertiary/aromatic N) is 2. The van der Waals surface area contributed by atoms with E-state index in [9.17, 15) is 14.7 Å². The summed E-state index contributed by atoms with van der Waals surface area (Å²) < 4.78 is 33.6. The Morgan fingerprint density at radius 3 is 1.91 bits per heavy atom. The molecule has 0 saturated heterocycles. The summed E-state index contributed by atoms with van der Waals surface area (Å²) in [4.78, 5) is 28.2. The van der Waals surface area contributed by atoms with Crippen LogP contribution in [0.3, 0.4) is 0 Å². The molecule has 0 spiro atoms. The SMILES string of the molecule is CC(=N)N1C(=N)CN=C(c2ccc(Cl)cc2)c2cc(OCCOCCOCCOCCOCCOCCNC(=O)c3ccccc3O)ccc21.CCNC(C)=O. The molecule has 0 aliphatic carbocycles. The van der Waals surface area contributed by atoms with E-state index in [0.717, 1.165) is 17.7 Å². The maximum atomic E-state index is 12.0. The highest BCUT2D eigenvalue weighted by Crippen LogP contribution is 2.31. The van der Waals surface area contributed by atoms with Gasteiger partial charge in [0.25, 0.3) is 5.91 Å². The Labute approximate surface area is 333 Å². The summed E-state index contributed by atoms with van der Waals surface area (Å²) in [5.41, 5.74) is 3.25. The monoisotopic (exact) mass is 796 g/mol. The standard InChI is InChI=1S/C36H44ClN5O8.C4H9NO/c1-26(38)42-32-11-10-29(24-31(32)35(41-25-34(42)39)27-6-8-28(37)9-7-27)50-23-22-49-21-20-48-19-18-47-17-16-46-15-14-45-13-12-40-36(44)30-4-2-3-5-33(30)43;1-3-5-4(2)6/h2-11,24,38-39,43H,12-23,25H2,1H3,(H,40,44);3H2,1-2H3,(H,5,6). The molecule has 0 saturated carbocycles. The summed E-state index contributed by atoms with van der Waals surface area (Å²) in [6, 6.07) is 19.3. The number of benzodiazepines with no additional fused rings is 1. The molecule has 2 amide bonds. The summed E-state index contributed by atoms with van der Waals surface area (Å²) in [6.45, 7) is 10.7. The second-order valence-corrected chi connectivity index (χ2v) is 12.4. The van der Waals surface area contributed by atoms with Crippen LogP contribution in [0.25, 0.3) is 0 Å². The van der Waals surface area contributed by atoms with E-state index >= 15 is 0 Å². The van der Waals surface area contributed by atoms with E-state index in [1.54, 1.807) is 42.2 Å². The first-order valence-electron chi connectivity index (χ1n) is 18.3. The van der Waals surface area contributed by atoms with Crippen LogP contribution in [0.2, 0.25) is 5.02 Å². The van der Waals surface area contributed by atoms with Crippen molar-refractivity contribution < 1.29 is 43.1 Å². The van der Waals surface area contributed by atoms with E-state index in [2.05, 4.69) is 10.6 Å². The molecule has 15 nitrogen and oxygen atoms in total. The first-order valence-corrected chi connectivity index (χ1v) is 18.7. The predicted molar refractivity (Wildman–Crippen MR) is 216 cm³/mol. The van der Waals surface area contributed by atoms with Crippen molar-refractivity contribution in [3.8, 4) is 11.5 Å². The van der Waals surface area contributed by atoms with Crippen molar-refractivity contribution in [3.63, 3.8) is 0 Å². The third-order valence-electron chi connectivity index (χ3n) is 7.66. The summed E-state index contributed by atoms with van der Waals surface area (Å²) in [6.07, 6.45) is 0. The Balaban J connectivity index is 0.00000130. The van der Waals surface area contributed by atoms with E-state index in [-0.39, 0.29) is 41.3 Å². The van der Waals surface area contributed by atoms with Crippen molar-refractivity contribution in [1.82, 2.24) is 10.6 Å². The molecule has 0 bridgehead atoms. The smallest absolute Gasteiger partial charge is 0.255 e. The predicted octanol–water partition coefficient (Wildman–Crippen LogP) is 4.71. The van der Waals surface area contributed by atoms with Gasteiger partial charge in [0.15, 0.2) is 0 Å². The van der Waals surface area contributed by atoms with Crippen LogP contribution in [-0.4, -0.2) is 127 Å². The normalized spacial score (nSPS) is 12.1. The van der Waals surface area contributed by atoms with Crippen molar-refractivity contribution in [3.05, 3.63) is 88.4 Å². The Bertz CT molecular complexity index is 1720. The van der Waals surface area contributed by atoms with E-state index in [1.807, 2.05) is 37.3 Å². The van der Waals surface area contributed by atoms with Gasteiger partial charge in [-0.2, -0.15) is 0 Å². The van der Waals surface area contributed by atoms with Crippen LogP contribution in [-0.2, 0) is 28.5 Å². The molecule has 0 unspecified atom stereocenters. The number of fused-ring (bicyclic) bond motifs is 1. The summed E-state index contributed by atoms with van der Waals surface area (Å²) in [5, 5.41) is 32.3. The zero-order valence-corrected chi connectivity index (χ0v) is 33.0. The van der Waals surface area contributed by atoms with Crippen LogP contribution in [0, 0.1) is 10.8 Å². The molecule has 1 aliphatic heterocycles. The molecular formula is C40H53ClN6O9. The maximum Gasteiger partial charge on any atom is 0.255 e. The maximum absolute atomic E-state index is 12.0. The molecule has 56 heavy (non-hydrogen) atoms. The minimum atomic E-state index is -0.349. The molecule has 3 aromatic carbocycles. The van der Waals surface area contributed by atoms with Gasteiger partial charge >= 0.3 is 0 Å². The highest BCUT2D eigenvalue weighted by atomic mass is 35.5. The van der Waals surface area contributed by atoms with Gasteiger partial charge in [-0.25, -0.2) is 0 Å². The highest BCUT2D eigenvalue weighted by molar-refractivity contribution is 6.31. The van der Waals surface area contributed by atoms with Gasteiger partial charge in [-0.15, -0.1) is 0 Å². The average molecular weight is 797 g/mol. The van der Waals surface area contributed by atoms with Crippen LogP contribution in [0.1, 0.15) is 42.3 Å². The van der Waals surface area contributed by atoms with Gasteiger partial charge in [0.05, 0.1) is 89.6 Å². The molecule has 5 N–H and O–H groups in total. The van der Waals surface area contributed by atoms with Gasteiger partial charge in [0.2, 0.25) is 5.91 Å². The van der Waals surface area contributed by atoms with Crippen LogP contribution in [0.4, 0.5) is 5.69 Å². The number of amidine groups is 2. The Hall–Kier alpha value is -4.90. The first-order chi connectivity index (χ1) is 27.1. The molecule has 304 valence electrons. The fourth-order valence-corrected chi connectivity index (χ4v) is 5.26. The third kappa shape index (κ3) is 16.5. The molecule has 16 heteroatoms. The fraction of sp³-hybridized carbons (Fsp3) is 0.425. The van der Waals surface area contributed by atoms with E-state index in [4.69, 9.17) is 55.8 Å². The van der Waals surface area contributed by atoms with Crippen molar-refractivity contribution >= 4 is 46.5 Å². The molecule has 1 aliphatic rings.